The average molecular weight is 1330 g/mol. The zero-order chi connectivity index (χ0) is 72.1. The van der Waals surface area contributed by atoms with Crippen LogP contribution in [0.1, 0.15) is 169 Å². The van der Waals surface area contributed by atoms with Crippen molar-refractivity contribution in [3.63, 3.8) is 0 Å². The first kappa shape index (κ1) is 83.9. The van der Waals surface area contributed by atoms with Gasteiger partial charge in [-0.3, -0.25) is 57.6 Å². The summed E-state index contributed by atoms with van der Waals surface area (Å²) in [5.41, 5.74) is 0. The maximum atomic E-state index is 15.3. The molecule has 2 saturated heterocycles. The van der Waals surface area contributed by atoms with Crippen LogP contribution in [-0.2, 0) is 57.5 Å². The first-order valence-corrected chi connectivity index (χ1v) is 34.4. The van der Waals surface area contributed by atoms with Crippen molar-refractivity contribution < 1.29 is 62.6 Å². The summed E-state index contributed by atoms with van der Waals surface area (Å²) in [5.74, 6) is -9.89. The van der Waals surface area contributed by atoms with Gasteiger partial charge in [0.2, 0.25) is 65.0 Å². The van der Waals surface area contributed by atoms with Crippen molar-refractivity contribution in [2.45, 2.75) is 242 Å². The Hall–Kier alpha value is -6.21. The molecular weight excluding hydrogens is 1200 g/mol. The van der Waals surface area contributed by atoms with Crippen molar-refractivity contribution in [3.05, 3.63) is 12.2 Å². The molecule has 2 aliphatic heterocycles. The fraction of sp³-hybridized carbons (Fsp3) is 0.812. The maximum Gasteiger partial charge on any atom is 0.246 e. The molecule has 2 aliphatic rings. The molecule has 25 heteroatoms. The molecule has 5 N–H and O–H groups in total. The van der Waals surface area contributed by atoms with Gasteiger partial charge in [-0.25, -0.2) is 0 Å². The van der Waals surface area contributed by atoms with E-state index in [-0.39, 0.29) is 43.4 Å². The molecule has 2 rings (SSSR count). The molecule has 0 spiro atoms. The minimum Gasteiger partial charge on any atom is -0.390 e. The Morgan fingerprint density at radius 3 is 1.49 bits per heavy atom. The highest BCUT2D eigenvalue weighted by atomic mass is 16.5. The predicted octanol–water partition coefficient (Wildman–Crippen LogP) is 3.75. The van der Waals surface area contributed by atoms with Gasteiger partial charge < -0.3 is 65.4 Å². The number of carbonyl (C=O) groups is 11. The molecule has 2 fully saturated rings. The number of likely N-dealkylation sites (N-methyl/N-ethyl adjacent to an activating group) is 7. The number of aliphatic hydroxyl groups is 1. The van der Waals surface area contributed by atoms with E-state index in [1.165, 1.54) is 99.5 Å². The van der Waals surface area contributed by atoms with Gasteiger partial charge in [-0.2, -0.15) is 0 Å². The van der Waals surface area contributed by atoms with E-state index in [1.807, 2.05) is 61.5 Å². The van der Waals surface area contributed by atoms with Gasteiger partial charge in [0.15, 0.2) is 0 Å². The SMILES string of the molecule is C/C=C/C[C@@H](C)[C@@H](O)[C@H]1C(=O)N[C@@H](CC)C(=O)N(C)[C@H](C)C(=O)N(C)[C@@H]([C@H](C)CCCN2CCOCC2)C(=O)N[C@@H](C(C)C)C(=O)N(C)[C@@H](CCC(C)C)C(=O)N[C@@H](C)C(=O)N[C@H](C)C(=O)N(C)[C@@H](CC(C)C)C(=O)N(C)[C@@H](CC(C)C)C(=O)N(C)[C@@H](C(C)C)C(=O)N1C. The molecule has 538 valence electrons. The molecule has 2 heterocycles. The molecule has 0 saturated carbocycles. The molecule has 14 atom stereocenters. The molecular formula is C69H124N12O13. The van der Waals surface area contributed by atoms with Crippen LogP contribution in [0.3, 0.4) is 0 Å². The fourth-order valence-corrected chi connectivity index (χ4v) is 12.5. The van der Waals surface area contributed by atoms with E-state index in [1.54, 1.807) is 47.6 Å². The number of hydrogen-bond acceptors (Lipinski definition) is 14. The Kier molecular flexibility index (Phi) is 34.9. The Morgan fingerprint density at radius 1 is 0.500 bits per heavy atom. The number of amides is 11. The summed E-state index contributed by atoms with van der Waals surface area (Å²) in [6, 6.07) is -13.8. The Labute approximate surface area is 563 Å². The molecule has 0 bridgehead atoms. The van der Waals surface area contributed by atoms with E-state index < -0.39 is 161 Å². The third kappa shape index (κ3) is 23.3. The van der Waals surface area contributed by atoms with Crippen molar-refractivity contribution in [1.82, 2.24) is 60.5 Å². The zero-order valence-corrected chi connectivity index (χ0v) is 61.7. The molecule has 0 unspecified atom stereocenters. The van der Waals surface area contributed by atoms with Crippen LogP contribution in [-0.4, -0.2) is 264 Å². The fourth-order valence-electron chi connectivity index (χ4n) is 12.5. The number of morpholine rings is 1. The van der Waals surface area contributed by atoms with E-state index in [4.69, 9.17) is 4.74 Å². The molecule has 94 heavy (non-hydrogen) atoms. The average Bonchev–Trinajstić information content (AvgIpc) is 0.816. The third-order valence-corrected chi connectivity index (χ3v) is 18.9. The second kappa shape index (κ2) is 39.1. The summed E-state index contributed by atoms with van der Waals surface area (Å²) in [7, 11) is 10.1. The molecule has 25 nitrogen and oxygen atoms in total. The number of carbonyl (C=O) groups excluding carboxylic acids is 11. The largest absolute Gasteiger partial charge is 0.390 e. The maximum absolute atomic E-state index is 15.3. The normalized spacial score (nSPS) is 27.7. The zero-order valence-electron chi connectivity index (χ0n) is 61.7. The second-order valence-corrected chi connectivity index (χ2v) is 28.7. The summed E-state index contributed by atoms with van der Waals surface area (Å²) in [6.45, 7) is 33.2. The van der Waals surface area contributed by atoms with E-state index >= 15 is 28.8 Å². The van der Waals surface area contributed by atoms with Gasteiger partial charge in [-0.1, -0.05) is 102 Å². The first-order valence-electron chi connectivity index (χ1n) is 34.4. The summed E-state index contributed by atoms with van der Waals surface area (Å²) in [4.78, 5) is 175. The first-order chi connectivity index (χ1) is 43.7. The van der Waals surface area contributed by atoms with Crippen LogP contribution in [0.5, 0.6) is 0 Å². The van der Waals surface area contributed by atoms with Gasteiger partial charge in [0, 0.05) is 62.4 Å². The highest BCUT2D eigenvalue weighted by Gasteiger charge is 2.46. The summed E-state index contributed by atoms with van der Waals surface area (Å²) < 4.78 is 5.56. The second-order valence-electron chi connectivity index (χ2n) is 28.7. The highest BCUT2D eigenvalue weighted by Crippen LogP contribution is 2.27. The highest BCUT2D eigenvalue weighted by molar-refractivity contribution is 6.00. The van der Waals surface area contributed by atoms with Gasteiger partial charge in [0.05, 0.1) is 19.3 Å². The van der Waals surface area contributed by atoms with E-state index in [2.05, 4.69) is 26.2 Å². The number of hydrogen-bond donors (Lipinski definition) is 5. The summed E-state index contributed by atoms with van der Waals surface area (Å²) >= 11 is 0. The van der Waals surface area contributed by atoms with Crippen LogP contribution in [0.25, 0.3) is 0 Å². The van der Waals surface area contributed by atoms with Crippen LogP contribution >= 0.6 is 0 Å². The van der Waals surface area contributed by atoms with E-state index in [9.17, 15) is 29.1 Å². The van der Waals surface area contributed by atoms with Gasteiger partial charge in [0.1, 0.15) is 66.5 Å². The molecule has 0 aromatic carbocycles. The minimum absolute atomic E-state index is 0.00883. The van der Waals surface area contributed by atoms with Crippen molar-refractivity contribution >= 4 is 65.0 Å². The quantitative estimate of drug-likeness (QED) is 0.115. The van der Waals surface area contributed by atoms with Gasteiger partial charge in [0.25, 0.3) is 0 Å². The lowest BCUT2D eigenvalue weighted by molar-refractivity contribution is -0.157. The Balaban J connectivity index is 3.04. The molecule has 0 aromatic rings. The summed E-state index contributed by atoms with van der Waals surface area (Å²) in [6.07, 6.45) is 4.49. The number of nitrogens with one attached hydrogen (secondary N) is 4. The van der Waals surface area contributed by atoms with Crippen LogP contribution in [0.4, 0.5) is 0 Å². The lowest BCUT2D eigenvalue weighted by Gasteiger charge is -2.41. The monoisotopic (exact) mass is 1330 g/mol. The van der Waals surface area contributed by atoms with Crippen LogP contribution in [0.2, 0.25) is 0 Å². The van der Waals surface area contributed by atoms with Crippen molar-refractivity contribution in [2.75, 3.05) is 82.2 Å². The Morgan fingerprint density at radius 2 is 0.989 bits per heavy atom. The number of ether oxygens (including phenoxy) is 1. The number of aliphatic hydroxyl groups excluding tert-OH is 1. The minimum atomic E-state index is -1.63. The number of nitrogens with zero attached hydrogens (tertiary/aromatic N) is 8. The van der Waals surface area contributed by atoms with Crippen LogP contribution < -0.4 is 21.3 Å². The molecule has 0 aliphatic carbocycles. The van der Waals surface area contributed by atoms with Gasteiger partial charge >= 0.3 is 0 Å². The topological polar surface area (TPSA) is 291 Å². The lowest BCUT2D eigenvalue weighted by atomic mass is 9.91. The Bertz CT molecular complexity index is 2560. The van der Waals surface area contributed by atoms with Gasteiger partial charge in [-0.15, -0.1) is 0 Å². The lowest BCUT2D eigenvalue weighted by Crippen LogP contribution is -2.64. The van der Waals surface area contributed by atoms with E-state index in [0.717, 1.165) is 18.0 Å². The summed E-state index contributed by atoms with van der Waals surface area (Å²) in [5, 5.41) is 23.5. The van der Waals surface area contributed by atoms with Crippen LogP contribution in [0, 0.1) is 41.4 Å². The standard InChI is InChI=1S/C69H124N12O13/c1-25-27-29-46(14)58(82)57-62(86)72-50(26-2)65(89)74(18)49(17)64(88)79(23)56(45(13)30-28-33-81-34-36-94-37-35-81)61(85)73-54(43(9)10)68(92)75(19)51(32-31-40(3)4)60(84)70-47(15)59(83)71-48(16)63(87)76(20)52(38-41(5)6)66(90)77(21)53(39-42(7)8)67(91)78(22)55(44(11)12)69(93)80(57)24/h25,27,40-58,82H,26,28-39H2,1-24H3,(H,70,84)(H,71,83)(H,72,86)(H,73,85)/b27-25+/t45-,46-,47+,48-,49-,50+,51+,52+,53+,54+,55+,56+,57+,58-/m1/s1. The van der Waals surface area contributed by atoms with Crippen molar-refractivity contribution in [1.29, 1.82) is 0 Å². The molecule has 0 aromatic heterocycles. The van der Waals surface area contributed by atoms with Gasteiger partial charge in [-0.05, 0) is 127 Å². The molecule has 0 radical (unpaired) electrons. The molecule has 11 amide bonds. The predicted molar refractivity (Wildman–Crippen MR) is 364 cm³/mol. The van der Waals surface area contributed by atoms with E-state index in [0.29, 0.717) is 45.4 Å². The number of allylic oxidation sites excluding steroid dienone is 2. The smallest absolute Gasteiger partial charge is 0.246 e. The van der Waals surface area contributed by atoms with Crippen LogP contribution in [0.15, 0.2) is 12.2 Å². The van der Waals surface area contributed by atoms with Crippen molar-refractivity contribution in [2.24, 2.45) is 41.4 Å². The third-order valence-electron chi connectivity index (χ3n) is 18.9. The van der Waals surface area contributed by atoms with Crippen molar-refractivity contribution in [3.8, 4) is 0 Å². The number of rotatable bonds is 19.